The molecule has 1 radical (unpaired) electrons. The zero-order chi connectivity index (χ0) is 7.49. The van der Waals surface area contributed by atoms with Crippen molar-refractivity contribution in [3.63, 3.8) is 0 Å². The van der Waals surface area contributed by atoms with Crippen molar-refractivity contribution in [2.45, 2.75) is 19.4 Å². The first-order valence-electron chi connectivity index (χ1n) is 2.76. The summed E-state index contributed by atoms with van der Waals surface area (Å²) in [5.41, 5.74) is 0. The van der Waals surface area contributed by atoms with Crippen LogP contribution in [-0.2, 0) is 10.0 Å². The van der Waals surface area contributed by atoms with Gasteiger partial charge in [0.2, 0.25) is 10.0 Å². The fraction of sp³-hybridized carbons (Fsp3) is 0.800. The summed E-state index contributed by atoms with van der Waals surface area (Å²) in [5, 5.41) is 0. The van der Waals surface area contributed by atoms with Gasteiger partial charge in [-0.2, -0.15) is 0 Å². The van der Waals surface area contributed by atoms with Crippen molar-refractivity contribution < 1.29 is 8.42 Å². The highest BCUT2D eigenvalue weighted by Crippen LogP contribution is 1.88. The number of rotatable bonds is 3. The minimum Gasteiger partial charge on any atom is -0.213 e. The maximum atomic E-state index is 10.4. The Hall–Kier alpha value is -0.0900. The first-order chi connectivity index (χ1) is 3.95. The highest BCUT2D eigenvalue weighted by molar-refractivity contribution is 7.88. The van der Waals surface area contributed by atoms with Gasteiger partial charge in [0, 0.05) is 6.04 Å². The Morgan fingerprint density at radius 1 is 1.67 bits per heavy atom. The summed E-state index contributed by atoms with van der Waals surface area (Å²) in [6.45, 7) is 5.42. The molecule has 0 amide bonds. The smallest absolute Gasteiger partial charge is 0.208 e. The van der Waals surface area contributed by atoms with Crippen LogP contribution in [0.15, 0.2) is 0 Å². The average molecular weight is 150 g/mol. The summed E-state index contributed by atoms with van der Waals surface area (Å²) >= 11 is 0. The van der Waals surface area contributed by atoms with E-state index in [9.17, 15) is 8.42 Å². The van der Waals surface area contributed by atoms with Crippen molar-refractivity contribution in [1.29, 1.82) is 0 Å². The van der Waals surface area contributed by atoms with Crippen molar-refractivity contribution in [3.8, 4) is 0 Å². The van der Waals surface area contributed by atoms with Crippen LogP contribution in [0.4, 0.5) is 0 Å². The van der Waals surface area contributed by atoms with Gasteiger partial charge < -0.3 is 0 Å². The predicted octanol–water partition coefficient (Wildman–Crippen LogP) is 0.148. The molecular weight excluding hydrogens is 138 g/mol. The Bertz CT molecular complexity index is 162. The SMILES string of the molecule is [CH2]C(CC)NS(C)(=O)=O. The van der Waals surface area contributed by atoms with E-state index in [-0.39, 0.29) is 6.04 Å². The van der Waals surface area contributed by atoms with Crippen LogP contribution in [0.3, 0.4) is 0 Å². The third-order valence-electron chi connectivity index (χ3n) is 0.874. The van der Waals surface area contributed by atoms with Crippen LogP contribution in [0.5, 0.6) is 0 Å². The molecule has 55 valence electrons. The van der Waals surface area contributed by atoms with Crippen LogP contribution in [0.25, 0.3) is 0 Å². The third-order valence-corrected chi connectivity index (χ3v) is 1.64. The second-order valence-electron chi connectivity index (χ2n) is 2.00. The second-order valence-corrected chi connectivity index (χ2v) is 3.78. The van der Waals surface area contributed by atoms with Crippen molar-refractivity contribution in [2.75, 3.05) is 6.26 Å². The summed E-state index contributed by atoms with van der Waals surface area (Å²) in [6.07, 6.45) is 1.84. The molecule has 0 aliphatic rings. The minimum absolute atomic E-state index is 0.194. The molecule has 1 N–H and O–H groups in total. The Balaban J connectivity index is 3.75. The Morgan fingerprint density at radius 3 is 2.22 bits per heavy atom. The van der Waals surface area contributed by atoms with E-state index in [1.54, 1.807) is 0 Å². The highest BCUT2D eigenvalue weighted by atomic mass is 32.2. The molecule has 0 bridgehead atoms. The molecule has 4 heteroatoms. The largest absolute Gasteiger partial charge is 0.213 e. The molecular formula is C5H12NO2S. The van der Waals surface area contributed by atoms with Crippen molar-refractivity contribution in [1.82, 2.24) is 4.72 Å². The van der Waals surface area contributed by atoms with Gasteiger partial charge in [0.05, 0.1) is 6.26 Å². The lowest BCUT2D eigenvalue weighted by Gasteiger charge is -2.07. The molecule has 0 aliphatic carbocycles. The number of nitrogens with one attached hydrogen (secondary N) is 1. The van der Waals surface area contributed by atoms with Crippen LogP contribution >= 0.6 is 0 Å². The zero-order valence-electron chi connectivity index (χ0n) is 5.72. The highest BCUT2D eigenvalue weighted by Gasteiger charge is 2.04. The van der Waals surface area contributed by atoms with Gasteiger partial charge in [-0.1, -0.05) is 6.92 Å². The van der Waals surface area contributed by atoms with Crippen molar-refractivity contribution in [3.05, 3.63) is 6.92 Å². The van der Waals surface area contributed by atoms with Crippen LogP contribution < -0.4 is 4.72 Å². The average Bonchev–Trinajstić information content (AvgIpc) is 1.62. The maximum absolute atomic E-state index is 10.4. The zero-order valence-corrected chi connectivity index (χ0v) is 6.53. The van der Waals surface area contributed by atoms with Gasteiger partial charge in [-0.05, 0) is 13.3 Å². The molecule has 0 heterocycles. The van der Waals surface area contributed by atoms with Crippen LogP contribution in [0.2, 0.25) is 0 Å². The lowest BCUT2D eigenvalue weighted by Crippen LogP contribution is -2.30. The molecule has 0 aromatic rings. The molecule has 3 nitrogen and oxygen atoms in total. The van der Waals surface area contributed by atoms with Crippen molar-refractivity contribution in [2.24, 2.45) is 0 Å². The second kappa shape index (κ2) is 3.17. The lowest BCUT2D eigenvalue weighted by atomic mass is 10.3. The molecule has 1 unspecified atom stereocenters. The molecule has 0 saturated carbocycles. The molecule has 1 atom stereocenters. The normalized spacial score (nSPS) is 15.4. The lowest BCUT2D eigenvalue weighted by molar-refractivity contribution is 0.573. The number of hydrogen-bond acceptors (Lipinski definition) is 2. The number of sulfonamides is 1. The Labute approximate surface area is 56.5 Å². The number of hydrogen-bond donors (Lipinski definition) is 1. The maximum Gasteiger partial charge on any atom is 0.208 e. The molecule has 0 spiro atoms. The van der Waals surface area contributed by atoms with E-state index in [1.807, 2.05) is 6.92 Å². The van der Waals surface area contributed by atoms with E-state index in [0.29, 0.717) is 6.42 Å². The molecule has 0 rings (SSSR count). The van der Waals surface area contributed by atoms with Crippen LogP contribution in [0, 0.1) is 6.92 Å². The van der Waals surface area contributed by atoms with E-state index in [0.717, 1.165) is 6.26 Å². The minimum atomic E-state index is -3.05. The molecule has 0 aromatic carbocycles. The standard InChI is InChI=1S/C5H12NO2S/c1-4-5(2)6-9(3,7)8/h5-6H,2,4H2,1,3H3. The first kappa shape index (κ1) is 8.91. The van der Waals surface area contributed by atoms with E-state index in [4.69, 9.17) is 0 Å². The summed E-state index contributed by atoms with van der Waals surface area (Å²) in [7, 11) is -3.05. The summed E-state index contributed by atoms with van der Waals surface area (Å²) in [5.74, 6) is 0. The van der Waals surface area contributed by atoms with Gasteiger partial charge in [-0.25, -0.2) is 13.1 Å². The first-order valence-corrected chi connectivity index (χ1v) is 4.65. The predicted molar refractivity (Wildman–Crippen MR) is 37.4 cm³/mol. The molecule has 0 aromatic heterocycles. The van der Waals surface area contributed by atoms with Gasteiger partial charge in [0.1, 0.15) is 0 Å². The third kappa shape index (κ3) is 5.79. The summed E-state index contributed by atoms with van der Waals surface area (Å²) in [6, 6.07) is -0.194. The van der Waals surface area contributed by atoms with Crippen molar-refractivity contribution >= 4 is 10.0 Å². The summed E-state index contributed by atoms with van der Waals surface area (Å²) < 4.78 is 23.2. The summed E-state index contributed by atoms with van der Waals surface area (Å²) in [4.78, 5) is 0. The van der Waals surface area contributed by atoms with Gasteiger partial charge in [-0.3, -0.25) is 0 Å². The Kier molecular flexibility index (Phi) is 3.14. The molecule has 9 heavy (non-hydrogen) atoms. The van der Waals surface area contributed by atoms with E-state index < -0.39 is 10.0 Å². The van der Waals surface area contributed by atoms with Gasteiger partial charge in [0.15, 0.2) is 0 Å². The Morgan fingerprint density at radius 2 is 2.11 bits per heavy atom. The fourth-order valence-electron chi connectivity index (χ4n) is 0.386. The van der Waals surface area contributed by atoms with Gasteiger partial charge in [0.25, 0.3) is 0 Å². The monoisotopic (exact) mass is 150 g/mol. The topological polar surface area (TPSA) is 46.2 Å². The van der Waals surface area contributed by atoms with E-state index in [2.05, 4.69) is 11.6 Å². The van der Waals surface area contributed by atoms with Gasteiger partial charge in [-0.15, -0.1) is 0 Å². The van der Waals surface area contributed by atoms with E-state index >= 15 is 0 Å². The van der Waals surface area contributed by atoms with Crippen LogP contribution in [0.1, 0.15) is 13.3 Å². The molecule has 0 fully saturated rings. The quantitative estimate of drug-likeness (QED) is 0.622. The van der Waals surface area contributed by atoms with Gasteiger partial charge >= 0.3 is 0 Å². The fourth-order valence-corrected chi connectivity index (χ4v) is 1.16. The molecule has 0 saturated heterocycles. The van der Waals surface area contributed by atoms with Crippen LogP contribution in [-0.4, -0.2) is 20.7 Å². The molecule has 0 aliphatic heterocycles. The van der Waals surface area contributed by atoms with E-state index in [1.165, 1.54) is 0 Å².